The molecule has 4 heteroatoms. The summed E-state index contributed by atoms with van der Waals surface area (Å²) in [6.45, 7) is 2.67. The maximum absolute atomic E-state index is 5.59. The van der Waals surface area contributed by atoms with Crippen LogP contribution < -0.4 is 5.73 Å². The first kappa shape index (κ1) is 8.69. The van der Waals surface area contributed by atoms with E-state index in [1.165, 1.54) is 12.8 Å². The van der Waals surface area contributed by atoms with Crippen molar-refractivity contribution >= 4 is 0 Å². The molecule has 0 amide bonds. The first-order valence-corrected chi connectivity index (χ1v) is 4.88. The molecule has 1 unspecified atom stereocenters. The number of aromatic nitrogens is 2. The third-order valence-corrected chi connectivity index (χ3v) is 2.53. The first-order valence-electron chi connectivity index (χ1n) is 4.88. The van der Waals surface area contributed by atoms with Gasteiger partial charge < -0.3 is 10.3 Å². The van der Waals surface area contributed by atoms with Crippen LogP contribution in [0, 0.1) is 0 Å². The predicted molar refractivity (Wildman–Crippen MR) is 48.4 cm³/mol. The number of rotatable bonds is 4. The van der Waals surface area contributed by atoms with Crippen LogP contribution in [0.15, 0.2) is 4.52 Å². The SMILES string of the molecule is CCC(CN)c1nc(C2CC2)no1. The van der Waals surface area contributed by atoms with Gasteiger partial charge in [0.15, 0.2) is 5.82 Å². The van der Waals surface area contributed by atoms with Crippen molar-refractivity contribution in [2.75, 3.05) is 6.54 Å². The highest BCUT2D eigenvalue weighted by molar-refractivity contribution is 5.05. The van der Waals surface area contributed by atoms with E-state index >= 15 is 0 Å². The van der Waals surface area contributed by atoms with Gasteiger partial charge in [-0.15, -0.1) is 0 Å². The third-order valence-electron chi connectivity index (χ3n) is 2.53. The molecule has 1 aliphatic carbocycles. The van der Waals surface area contributed by atoms with Crippen LogP contribution in [0.25, 0.3) is 0 Å². The van der Waals surface area contributed by atoms with E-state index in [9.17, 15) is 0 Å². The minimum Gasteiger partial charge on any atom is -0.339 e. The summed E-state index contributed by atoms with van der Waals surface area (Å²) < 4.78 is 5.17. The van der Waals surface area contributed by atoms with E-state index < -0.39 is 0 Å². The van der Waals surface area contributed by atoms with Crippen molar-refractivity contribution in [2.24, 2.45) is 5.73 Å². The van der Waals surface area contributed by atoms with Crippen LogP contribution in [0.1, 0.15) is 49.7 Å². The zero-order chi connectivity index (χ0) is 9.26. The summed E-state index contributed by atoms with van der Waals surface area (Å²) in [5.74, 6) is 2.39. The minimum absolute atomic E-state index is 0.236. The summed E-state index contributed by atoms with van der Waals surface area (Å²) in [5.41, 5.74) is 5.59. The minimum atomic E-state index is 0.236. The molecular formula is C9H15N3O. The quantitative estimate of drug-likeness (QED) is 0.762. The maximum Gasteiger partial charge on any atom is 0.231 e. The van der Waals surface area contributed by atoms with Crippen LogP contribution in [0.5, 0.6) is 0 Å². The van der Waals surface area contributed by atoms with Crippen LogP contribution in [-0.4, -0.2) is 16.7 Å². The lowest BCUT2D eigenvalue weighted by molar-refractivity contribution is 0.347. The molecule has 0 aromatic carbocycles. The van der Waals surface area contributed by atoms with Crippen LogP contribution in [-0.2, 0) is 0 Å². The van der Waals surface area contributed by atoms with E-state index in [0.717, 1.165) is 12.2 Å². The average molecular weight is 181 g/mol. The van der Waals surface area contributed by atoms with Gasteiger partial charge in [-0.2, -0.15) is 4.98 Å². The predicted octanol–water partition coefficient (Wildman–Crippen LogP) is 1.40. The summed E-state index contributed by atoms with van der Waals surface area (Å²) in [6.07, 6.45) is 3.37. The molecule has 1 saturated carbocycles. The van der Waals surface area contributed by atoms with E-state index in [1.54, 1.807) is 0 Å². The zero-order valence-corrected chi connectivity index (χ0v) is 7.86. The number of hydrogen-bond acceptors (Lipinski definition) is 4. The van der Waals surface area contributed by atoms with Gasteiger partial charge in [-0.3, -0.25) is 0 Å². The second kappa shape index (κ2) is 3.46. The number of nitrogens with zero attached hydrogens (tertiary/aromatic N) is 2. The molecule has 0 aliphatic heterocycles. The summed E-state index contributed by atoms with van der Waals surface area (Å²) in [6, 6.07) is 0. The van der Waals surface area contributed by atoms with E-state index in [2.05, 4.69) is 17.1 Å². The van der Waals surface area contributed by atoms with Gasteiger partial charge in [-0.25, -0.2) is 0 Å². The summed E-state index contributed by atoms with van der Waals surface area (Å²) >= 11 is 0. The van der Waals surface area contributed by atoms with Gasteiger partial charge in [-0.1, -0.05) is 12.1 Å². The van der Waals surface area contributed by atoms with Crippen molar-refractivity contribution in [1.29, 1.82) is 0 Å². The van der Waals surface area contributed by atoms with Crippen molar-refractivity contribution in [3.05, 3.63) is 11.7 Å². The fourth-order valence-corrected chi connectivity index (χ4v) is 1.36. The molecule has 1 atom stereocenters. The molecular weight excluding hydrogens is 166 g/mol. The van der Waals surface area contributed by atoms with E-state index in [1.807, 2.05) is 0 Å². The molecule has 0 saturated heterocycles. The number of nitrogens with two attached hydrogens (primary N) is 1. The monoisotopic (exact) mass is 181 g/mol. The molecule has 2 rings (SSSR count). The standard InChI is InChI=1S/C9H15N3O/c1-2-6(5-10)9-11-8(12-13-9)7-3-4-7/h6-7H,2-5,10H2,1H3. The van der Waals surface area contributed by atoms with Crippen molar-refractivity contribution < 1.29 is 4.52 Å². The third kappa shape index (κ3) is 1.72. The normalized spacial score (nSPS) is 18.9. The topological polar surface area (TPSA) is 64.9 Å². The fraction of sp³-hybridized carbons (Fsp3) is 0.778. The first-order chi connectivity index (χ1) is 6.35. The molecule has 0 bridgehead atoms. The lowest BCUT2D eigenvalue weighted by atomic mass is 10.1. The van der Waals surface area contributed by atoms with Crippen LogP contribution >= 0.6 is 0 Å². The molecule has 72 valence electrons. The highest BCUT2D eigenvalue weighted by atomic mass is 16.5. The Balaban J connectivity index is 2.10. The average Bonchev–Trinajstić information content (AvgIpc) is 2.89. The van der Waals surface area contributed by atoms with Crippen molar-refractivity contribution in [3.63, 3.8) is 0 Å². The van der Waals surface area contributed by atoms with E-state index in [0.29, 0.717) is 18.4 Å². The molecule has 0 radical (unpaired) electrons. The Kier molecular flexibility index (Phi) is 2.31. The fourth-order valence-electron chi connectivity index (χ4n) is 1.36. The molecule has 1 heterocycles. The van der Waals surface area contributed by atoms with Gasteiger partial charge in [0, 0.05) is 12.5 Å². The zero-order valence-electron chi connectivity index (χ0n) is 7.86. The summed E-state index contributed by atoms with van der Waals surface area (Å²) in [5, 5.41) is 3.95. The Bertz CT molecular complexity index is 276. The van der Waals surface area contributed by atoms with Gasteiger partial charge in [0.25, 0.3) is 0 Å². The second-order valence-corrected chi connectivity index (χ2v) is 3.61. The Morgan fingerprint density at radius 3 is 2.92 bits per heavy atom. The van der Waals surface area contributed by atoms with Gasteiger partial charge in [0.2, 0.25) is 5.89 Å². The van der Waals surface area contributed by atoms with Gasteiger partial charge in [-0.05, 0) is 19.3 Å². The van der Waals surface area contributed by atoms with Crippen molar-refractivity contribution in [2.45, 2.75) is 38.0 Å². The molecule has 1 fully saturated rings. The molecule has 1 aliphatic rings. The highest BCUT2D eigenvalue weighted by Crippen LogP contribution is 2.38. The molecule has 4 nitrogen and oxygen atoms in total. The Morgan fingerprint density at radius 1 is 1.62 bits per heavy atom. The van der Waals surface area contributed by atoms with Crippen LogP contribution in [0.2, 0.25) is 0 Å². The van der Waals surface area contributed by atoms with Gasteiger partial charge in [0.05, 0.1) is 5.92 Å². The summed E-state index contributed by atoms with van der Waals surface area (Å²) in [4.78, 5) is 4.36. The van der Waals surface area contributed by atoms with Crippen LogP contribution in [0.3, 0.4) is 0 Å². The molecule has 1 aromatic heterocycles. The van der Waals surface area contributed by atoms with Gasteiger partial charge >= 0.3 is 0 Å². The molecule has 13 heavy (non-hydrogen) atoms. The van der Waals surface area contributed by atoms with Crippen LogP contribution in [0.4, 0.5) is 0 Å². The Hall–Kier alpha value is -0.900. The molecule has 1 aromatic rings. The Labute approximate surface area is 77.5 Å². The summed E-state index contributed by atoms with van der Waals surface area (Å²) in [7, 11) is 0. The second-order valence-electron chi connectivity index (χ2n) is 3.61. The smallest absolute Gasteiger partial charge is 0.231 e. The van der Waals surface area contributed by atoms with Crippen molar-refractivity contribution in [1.82, 2.24) is 10.1 Å². The lowest BCUT2D eigenvalue weighted by Crippen LogP contribution is -2.11. The largest absolute Gasteiger partial charge is 0.339 e. The highest BCUT2D eigenvalue weighted by Gasteiger charge is 2.29. The molecule has 2 N–H and O–H groups in total. The van der Waals surface area contributed by atoms with Crippen molar-refractivity contribution in [3.8, 4) is 0 Å². The lowest BCUT2D eigenvalue weighted by Gasteiger charge is -2.03. The van der Waals surface area contributed by atoms with E-state index in [-0.39, 0.29) is 5.92 Å². The van der Waals surface area contributed by atoms with Gasteiger partial charge in [0.1, 0.15) is 0 Å². The maximum atomic E-state index is 5.59. The number of hydrogen-bond donors (Lipinski definition) is 1. The Morgan fingerprint density at radius 2 is 2.38 bits per heavy atom. The molecule has 0 spiro atoms. The van der Waals surface area contributed by atoms with E-state index in [4.69, 9.17) is 10.3 Å².